The number of nitrogens with one attached hydrogen (secondary N) is 1. The predicted octanol–water partition coefficient (Wildman–Crippen LogP) is 4.41. The van der Waals surface area contributed by atoms with Crippen molar-refractivity contribution in [3.8, 4) is 5.75 Å². The molecule has 8 nitrogen and oxygen atoms in total. The van der Waals surface area contributed by atoms with Crippen molar-refractivity contribution in [2.24, 2.45) is 0 Å². The van der Waals surface area contributed by atoms with E-state index in [0.29, 0.717) is 16.9 Å². The maximum atomic E-state index is 13.1. The Morgan fingerprint density at radius 3 is 2.21 bits per heavy atom. The first-order valence-electron chi connectivity index (χ1n) is 9.94. The zero-order valence-corrected chi connectivity index (χ0v) is 17.2. The summed E-state index contributed by atoms with van der Waals surface area (Å²) >= 11 is 0. The molecule has 0 bridgehead atoms. The van der Waals surface area contributed by atoms with Crippen molar-refractivity contribution in [3.63, 3.8) is 0 Å². The van der Waals surface area contributed by atoms with E-state index in [-0.39, 0.29) is 24.5 Å². The molecule has 1 N–H and O–H groups in total. The van der Waals surface area contributed by atoms with E-state index in [1.54, 1.807) is 42.5 Å². The minimum absolute atomic E-state index is 0.0147. The van der Waals surface area contributed by atoms with Crippen LogP contribution in [0.15, 0.2) is 78.5 Å². The van der Waals surface area contributed by atoms with E-state index in [1.165, 1.54) is 36.4 Å². The number of carbonyl (C=O) groups is 2. The van der Waals surface area contributed by atoms with Crippen LogP contribution in [0.4, 0.5) is 14.9 Å². The predicted molar refractivity (Wildman–Crippen MR) is 117 cm³/mol. The van der Waals surface area contributed by atoms with E-state index in [9.17, 15) is 24.1 Å². The quantitative estimate of drug-likeness (QED) is 0.250. The highest BCUT2D eigenvalue weighted by molar-refractivity contribution is 6.13. The smallest absolute Gasteiger partial charge is 0.329 e. The molecule has 3 aromatic rings. The summed E-state index contributed by atoms with van der Waals surface area (Å²) in [5.41, 5.74) is 2.26. The first kappa shape index (κ1) is 21.7. The van der Waals surface area contributed by atoms with Crippen molar-refractivity contribution < 1.29 is 23.6 Å². The van der Waals surface area contributed by atoms with Gasteiger partial charge in [0.05, 0.1) is 11.5 Å². The van der Waals surface area contributed by atoms with Crippen molar-refractivity contribution in [1.82, 2.24) is 10.2 Å². The van der Waals surface area contributed by atoms with Gasteiger partial charge in [-0.05, 0) is 59.2 Å². The summed E-state index contributed by atoms with van der Waals surface area (Å²) in [6.07, 6.45) is 1.56. The lowest BCUT2D eigenvalue weighted by Crippen LogP contribution is -2.30. The van der Waals surface area contributed by atoms with Crippen LogP contribution in [0.3, 0.4) is 0 Å². The van der Waals surface area contributed by atoms with Crippen molar-refractivity contribution in [2.75, 3.05) is 0 Å². The number of rotatable bonds is 7. The lowest BCUT2D eigenvalue weighted by molar-refractivity contribution is -0.384. The molecule has 1 heterocycles. The maximum absolute atomic E-state index is 13.1. The Morgan fingerprint density at radius 2 is 1.58 bits per heavy atom. The molecule has 0 aromatic heterocycles. The number of halogens is 1. The Labute approximate surface area is 188 Å². The molecule has 166 valence electrons. The molecule has 1 aliphatic heterocycles. The molecule has 0 atom stereocenters. The van der Waals surface area contributed by atoms with Crippen LogP contribution in [0.5, 0.6) is 5.75 Å². The molecule has 0 spiro atoms. The second-order valence-corrected chi connectivity index (χ2v) is 7.29. The van der Waals surface area contributed by atoms with Gasteiger partial charge in [-0.1, -0.05) is 24.3 Å². The fourth-order valence-corrected chi connectivity index (χ4v) is 3.20. The van der Waals surface area contributed by atoms with E-state index in [4.69, 9.17) is 4.74 Å². The molecule has 3 amide bonds. The van der Waals surface area contributed by atoms with Gasteiger partial charge in [0.1, 0.15) is 23.9 Å². The summed E-state index contributed by atoms with van der Waals surface area (Å²) in [6.45, 7) is 0.281. The highest BCUT2D eigenvalue weighted by atomic mass is 19.1. The molecule has 0 unspecified atom stereocenters. The largest absolute Gasteiger partial charge is 0.489 e. The number of urea groups is 1. The van der Waals surface area contributed by atoms with Crippen LogP contribution >= 0.6 is 0 Å². The molecule has 0 aliphatic carbocycles. The second-order valence-electron chi connectivity index (χ2n) is 7.29. The zero-order chi connectivity index (χ0) is 23.4. The van der Waals surface area contributed by atoms with Crippen LogP contribution in [0.1, 0.15) is 16.7 Å². The molecule has 4 rings (SSSR count). The Morgan fingerprint density at radius 1 is 0.939 bits per heavy atom. The molecule has 9 heteroatoms. The van der Waals surface area contributed by atoms with E-state index < -0.39 is 22.7 Å². The lowest BCUT2D eigenvalue weighted by Gasteiger charge is -2.11. The summed E-state index contributed by atoms with van der Waals surface area (Å²) in [6, 6.07) is 18.0. The number of imide groups is 1. The number of non-ortho nitro benzene ring substituents is 1. The Hall–Kier alpha value is -4.53. The minimum Gasteiger partial charge on any atom is -0.489 e. The number of nitro groups is 1. The monoisotopic (exact) mass is 447 g/mol. The molecule has 3 aromatic carbocycles. The summed E-state index contributed by atoms with van der Waals surface area (Å²) in [5, 5.41) is 13.3. The average Bonchev–Trinajstić information content (AvgIpc) is 3.07. The Bertz CT molecular complexity index is 1220. The third-order valence-electron chi connectivity index (χ3n) is 4.96. The number of amides is 3. The second kappa shape index (κ2) is 9.31. The average molecular weight is 447 g/mol. The summed E-state index contributed by atoms with van der Waals surface area (Å²) in [5.74, 6) is -0.283. The number of ether oxygens (including phenoxy) is 1. The third-order valence-corrected chi connectivity index (χ3v) is 4.96. The molecular weight excluding hydrogens is 429 g/mol. The Kier molecular flexibility index (Phi) is 6.12. The van der Waals surface area contributed by atoms with Crippen molar-refractivity contribution in [3.05, 3.63) is 111 Å². The van der Waals surface area contributed by atoms with Crippen molar-refractivity contribution >= 4 is 23.7 Å². The van der Waals surface area contributed by atoms with Crippen LogP contribution in [-0.2, 0) is 17.9 Å². The number of benzene rings is 3. The van der Waals surface area contributed by atoms with Crippen LogP contribution in [0.2, 0.25) is 0 Å². The summed E-state index contributed by atoms with van der Waals surface area (Å²) in [4.78, 5) is 36.1. The van der Waals surface area contributed by atoms with E-state index in [0.717, 1.165) is 10.5 Å². The van der Waals surface area contributed by atoms with Gasteiger partial charge in [-0.2, -0.15) is 0 Å². The van der Waals surface area contributed by atoms with E-state index in [2.05, 4.69) is 5.32 Å². The SMILES string of the molecule is O=C1NC(=Cc2ccc(OCc3ccc([N+](=O)[O-])cc3)cc2)C(=O)N1Cc1ccc(F)cc1. The van der Waals surface area contributed by atoms with Crippen LogP contribution in [-0.4, -0.2) is 21.8 Å². The fourth-order valence-electron chi connectivity index (χ4n) is 3.20. The van der Waals surface area contributed by atoms with E-state index >= 15 is 0 Å². The van der Waals surface area contributed by atoms with Gasteiger partial charge in [0, 0.05) is 12.1 Å². The molecule has 1 aliphatic rings. The van der Waals surface area contributed by atoms with Crippen LogP contribution in [0, 0.1) is 15.9 Å². The molecule has 1 saturated heterocycles. The first-order valence-corrected chi connectivity index (χ1v) is 9.94. The topological polar surface area (TPSA) is 102 Å². The number of nitrogens with zero attached hydrogens (tertiary/aromatic N) is 2. The van der Waals surface area contributed by atoms with Gasteiger partial charge in [0.2, 0.25) is 0 Å². The molecule has 0 radical (unpaired) electrons. The summed E-state index contributed by atoms with van der Waals surface area (Å²) in [7, 11) is 0. The van der Waals surface area contributed by atoms with Crippen LogP contribution in [0.25, 0.3) is 6.08 Å². The highest BCUT2D eigenvalue weighted by Crippen LogP contribution is 2.20. The van der Waals surface area contributed by atoms with E-state index in [1.807, 2.05) is 0 Å². The number of hydrogen-bond acceptors (Lipinski definition) is 5. The minimum atomic E-state index is -0.543. The number of nitro benzene ring substituents is 1. The van der Waals surface area contributed by atoms with Gasteiger partial charge >= 0.3 is 6.03 Å². The van der Waals surface area contributed by atoms with Crippen LogP contribution < -0.4 is 10.1 Å². The van der Waals surface area contributed by atoms with Gasteiger partial charge in [-0.15, -0.1) is 0 Å². The van der Waals surface area contributed by atoms with Gasteiger partial charge in [0.25, 0.3) is 11.6 Å². The van der Waals surface area contributed by atoms with Gasteiger partial charge in [-0.3, -0.25) is 19.8 Å². The van der Waals surface area contributed by atoms with Gasteiger partial charge in [-0.25, -0.2) is 9.18 Å². The lowest BCUT2D eigenvalue weighted by atomic mass is 10.1. The fraction of sp³-hybridized carbons (Fsp3) is 0.0833. The molecular formula is C24H18FN3O5. The van der Waals surface area contributed by atoms with Crippen molar-refractivity contribution in [2.45, 2.75) is 13.2 Å². The number of carbonyl (C=O) groups excluding carboxylic acids is 2. The standard InChI is InChI=1S/C24H18FN3O5/c25-19-7-1-17(2-8-19)14-27-23(29)22(26-24(27)30)13-16-5-11-21(12-6-16)33-15-18-3-9-20(10-4-18)28(31)32/h1-13H,14-15H2,(H,26,30). The molecule has 0 saturated carbocycles. The molecule has 33 heavy (non-hydrogen) atoms. The first-order chi connectivity index (χ1) is 15.9. The molecule has 1 fully saturated rings. The normalized spacial score (nSPS) is 14.5. The summed E-state index contributed by atoms with van der Waals surface area (Å²) < 4.78 is 18.7. The van der Waals surface area contributed by atoms with Crippen molar-refractivity contribution in [1.29, 1.82) is 0 Å². The van der Waals surface area contributed by atoms with Gasteiger partial charge in [0.15, 0.2) is 0 Å². The Balaban J connectivity index is 1.37. The third kappa shape index (κ3) is 5.21. The number of hydrogen-bond donors (Lipinski definition) is 1. The maximum Gasteiger partial charge on any atom is 0.329 e. The van der Waals surface area contributed by atoms with Gasteiger partial charge < -0.3 is 10.1 Å². The zero-order valence-electron chi connectivity index (χ0n) is 17.2. The highest BCUT2D eigenvalue weighted by Gasteiger charge is 2.33.